The van der Waals surface area contributed by atoms with Crippen LogP contribution in [0.2, 0.25) is 5.02 Å². The quantitative estimate of drug-likeness (QED) is 0.320. The molecular formula is C28H26ClFN6O2. The van der Waals surface area contributed by atoms with E-state index >= 15 is 4.39 Å². The Bertz CT molecular complexity index is 1580. The molecule has 3 heterocycles. The Balaban J connectivity index is 1.51. The summed E-state index contributed by atoms with van der Waals surface area (Å²) in [7, 11) is 0. The van der Waals surface area contributed by atoms with Gasteiger partial charge in [-0.1, -0.05) is 41.9 Å². The Morgan fingerprint density at radius 3 is 2.68 bits per heavy atom. The highest BCUT2D eigenvalue weighted by Gasteiger charge is 2.34. The SMILES string of the molecule is CC(C)(C)OC(=O)N1CCN(c2ncnc3c(F)c(-c4cccc5cccc(Cl)c45)ncc23)C[C@@H]1CC#N. The zero-order valence-corrected chi connectivity index (χ0v) is 22.0. The second-order valence-corrected chi connectivity index (χ2v) is 10.6. The van der Waals surface area contributed by atoms with Crippen molar-refractivity contribution < 1.29 is 13.9 Å². The number of fused-ring (bicyclic) bond motifs is 2. The van der Waals surface area contributed by atoms with E-state index in [2.05, 4.69) is 21.0 Å². The van der Waals surface area contributed by atoms with Crippen molar-refractivity contribution in [3.8, 4) is 17.3 Å². The van der Waals surface area contributed by atoms with Gasteiger partial charge in [-0.3, -0.25) is 4.98 Å². The zero-order chi connectivity index (χ0) is 27.0. The highest BCUT2D eigenvalue weighted by molar-refractivity contribution is 6.36. The molecule has 0 N–H and O–H groups in total. The van der Waals surface area contributed by atoms with Gasteiger partial charge < -0.3 is 14.5 Å². The van der Waals surface area contributed by atoms with Gasteiger partial charge in [0.1, 0.15) is 29.0 Å². The summed E-state index contributed by atoms with van der Waals surface area (Å²) < 4.78 is 21.5. The summed E-state index contributed by atoms with van der Waals surface area (Å²) in [5, 5.41) is 12.0. The van der Waals surface area contributed by atoms with Crippen LogP contribution in [0.15, 0.2) is 48.9 Å². The maximum atomic E-state index is 16.0. The highest BCUT2D eigenvalue weighted by Crippen LogP contribution is 2.36. The molecule has 0 spiro atoms. The fraction of sp³-hybridized carbons (Fsp3) is 0.321. The van der Waals surface area contributed by atoms with E-state index in [1.54, 1.807) is 44.0 Å². The molecule has 5 rings (SSSR count). The van der Waals surface area contributed by atoms with Crippen LogP contribution in [0.25, 0.3) is 32.9 Å². The summed E-state index contributed by atoms with van der Waals surface area (Å²) in [5.74, 6) is -0.0739. The number of anilines is 1. The number of benzene rings is 2. The first-order valence-electron chi connectivity index (χ1n) is 12.3. The number of ether oxygens (including phenoxy) is 1. The predicted molar refractivity (Wildman–Crippen MR) is 144 cm³/mol. The molecule has 0 radical (unpaired) electrons. The van der Waals surface area contributed by atoms with E-state index in [4.69, 9.17) is 16.3 Å². The van der Waals surface area contributed by atoms with Gasteiger partial charge in [0, 0.05) is 41.8 Å². The summed E-state index contributed by atoms with van der Waals surface area (Å²) in [5.41, 5.74) is 0.213. The number of halogens is 2. The predicted octanol–water partition coefficient (Wildman–Crippen LogP) is 5.98. The molecule has 0 saturated carbocycles. The molecule has 0 aliphatic carbocycles. The van der Waals surface area contributed by atoms with Crippen molar-refractivity contribution in [1.82, 2.24) is 19.9 Å². The Hall–Kier alpha value is -4.03. The minimum atomic E-state index is -0.649. The van der Waals surface area contributed by atoms with Gasteiger partial charge in [0.25, 0.3) is 0 Å². The van der Waals surface area contributed by atoms with E-state index in [0.717, 1.165) is 5.39 Å². The molecule has 1 fully saturated rings. The number of nitrogens with zero attached hydrogens (tertiary/aromatic N) is 6. The first-order chi connectivity index (χ1) is 18.2. The van der Waals surface area contributed by atoms with Gasteiger partial charge in [-0.15, -0.1) is 0 Å². The number of hydrogen-bond acceptors (Lipinski definition) is 7. The van der Waals surface area contributed by atoms with E-state index in [0.29, 0.717) is 46.8 Å². The van der Waals surface area contributed by atoms with Gasteiger partial charge in [0.05, 0.1) is 23.9 Å². The molecule has 0 unspecified atom stereocenters. The first kappa shape index (κ1) is 25.6. The van der Waals surface area contributed by atoms with Crippen molar-refractivity contribution in [1.29, 1.82) is 5.26 Å². The number of carbonyl (C=O) groups excluding carboxylic acids is 1. The van der Waals surface area contributed by atoms with Crippen molar-refractivity contribution in [3.05, 3.63) is 59.8 Å². The lowest BCUT2D eigenvalue weighted by Gasteiger charge is -2.41. The average Bonchev–Trinajstić information content (AvgIpc) is 2.88. The number of aromatic nitrogens is 3. The van der Waals surface area contributed by atoms with Crippen LogP contribution in [0.5, 0.6) is 0 Å². The average molecular weight is 533 g/mol. The van der Waals surface area contributed by atoms with Crippen LogP contribution in [0.4, 0.5) is 15.0 Å². The minimum Gasteiger partial charge on any atom is -0.444 e. The summed E-state index contributed by atoms with van der Waals surface area (Å²) >= 11 is 6.48. The van der Waals surface area contributed by atoms with Gasteiger partial charge >= 0.3 is 6.09 Å². The van der Waals surface area contributed by atoms with E-state index in [1.807, 2.05) is 29.2 Å². The normalized spacial score (nSPS) is 16.1. The number of carbonyl (C=O) groups is 1. The van der Waals surface area contributed by atoms with Crippen molar-refractivity contribution in [2.75, 3.05) is 24.5 Å². The van der Waals surface area contributed by atoms with Crippen molar-refractivity contribution in [2.24, 2.45) is 0 Å². The number of pyridine rings is 1. The summed E-state index contributed by atoms with van der Waals surface area (Å²) in [4.78, 5) is 29.4. The molecule has 8 nitrogen and oxygen atoms in total. The van der Waals surface area contributed by atoms with E-state index in [1.165, 1.54) is 6.33 Å². The Kier molecular flexibility index (Phi) is 6.76. The molecule has 1 aliphatic rings. The first-order valence-corrected chi connectivity index (χ1v) is 12.6. The van der Waals surface area contributed by atoms with Crippen LogP contribution in [0, 0.1) is 17.1 Å². The number of hydrogen-bond donors (Lipinski definition) is 0. The van der Waals surface area contributed by atoms with E-state index < -0.39 is 23.6 Å². The molecule has 1 atom stereocenters. The van der Waals surface area contributed by atoms with Crippen LogP contribution in [-0.4, -0.2) is 57.2 Å². The molecule has 1 amide bonds. The molecule has 1 saturated heterocycles. The molecular weight excluding hydrogens is 507 g/mol. The lowest BCUT2D eigenvalue weighted by Crippen LogP contribution is -2.56. The van der Waals surface area contributed by atoms with Gasteiger partial charge in [0.15, 0.2) is 5.82 Å². The third kappa shape index (κ3) is 4.79. The topological polar surface area (TPSA) is 95.2 Å². The third-order valence-corrected chi connectivity index (χ3v) is 6.76. The Labute approximate surface area is 224 Å². The van der Waals surface area contributed by atoms with Crippen molar-refractivity contribution in [3.63, 3.8) is 0 Å². The van der Waals surface area contributed by atoms with E-state index in [9.17, 15) is 10.1 Å². The largest absolute Gasteiger partial charge is 0.444 e. The van der Waals surface area contributed by atoms with Gasteiger partial charge in [-0.25, -0.2) is 19.2 Å². The van der Waals surface area contributed by atoms with Gasteiger partial charge in [0.2, 0.25) is 0 Å². The number of amides is 1. The molecule has 194 valence electrons. The molecule has 1 aliphatic heterocycles. The van der Waals surface area contributed by atoms with Crippen molar-refractivity contribution >= 4 is 45.2 Å². The van der Waals surface area contributed by atoms with Crippen LogP contribution in [0.3, 0.4) is 0 Å². The standard InChI is InChI=1S/C28H26ClFN6O2/c1-28(2,3)38-27(37)36-13-12-35(15-18(36)10-11-31)26-20-14-32-24(23(30)25(20)33-16-34-26)19-8-4-6-17-7-5-9-21(29)22(17)19/h4-9,14,16,18H,10,12-13,15H2,1-3H3/t18-/m0/s1. The highest BCUT2D eigenvalue weighted by atomic mass is 35.5. The Morgan fingerprint density at radius 1 is 1.18 bits per heavy atom. The van der Waals surface area contributed by atoms with Gasteiger partial charge in [-0.2, -0.15) is 5.26 Å². The lowest BCUT2D eigenvalue weighted by atomic mass is 10.0. The van der Waals surface area contributed by atoms with Crippen LogP contribution < -0.4 is 4.90 Å². The molecule has 38 heavy (non-hydrogen) atoms. The van der Waals surface area contributed by atoms with Crippen LogP contribution in [-0.2, 0) is 4.74 Å². The fourth-order valence-electron chi connectivity index (χ4n) is 4.80. The Morgan fingerprint density at radius 2 is 1.95 bits per heavy atom. The lowest BCUT2D eigenvalue weighted by molar-refractivity contribution is 0.0145. The monoisotopic (exact) mass is 532 g/mol. The number of piperazine rings is 1. The fourth-order valence-corrected chi connectivity index (χ4v) is 5.08. The maximum absolute atomic E-state index is 16.0. The van der Waals surface area contributed by atoms with Crippen LogP contribution >= 0.6 is 11.6 Å². The molecule has 10 heteroatoms. The molecule has 4 aromatic rings. The number of nitriles is 1. The zero-order valence-electron chi connectivity index (χ0n) is 21.3. The minimum absolute atomic E-state index is 0.122. The second-order valence-electron chi connectivity index (χ2n) is 10.2. The smallest absolute Gasteiger partial charge is 0.410 e. The molecule has 2 aromatic heterocycles. The maximum Gasteiger partial charge on any atom is 0.410 e. The van der Waals surface area contributed by atoms with Crippen LogP contribution in [0.1, 0.15) is 27.2 Å². The second kappa shape index (κ2) is 10.0. The summed E-state index contributed by atoms with van der Waals surface area (Å²) in [6.07, 6.45) is 2.55. The van der Waals surface area contributed by atoms with Crippen molar-refractivity contribution in [2.45, 2.75) is 38.8 Å². The summed E-state index contributed by atoms with van der Waals surface area (Å²) in [6, 6.07) is 12.8. The summed E-state index contributed by atoms with van der Waals surface area (Å²) in [6.45, 7) is 6.49. The molecule has 0 bridgehead atoms. The third-order valence-electron chi connectivity index (χ3n) is 6.45. The van der Waals surface area contributed by atoms with Gasteiger partial charge in [-0.05, 0) is 32.2 Å². The number of rotatable bonds is 3. The van der Waals surface area contributed by atoms with E-state index in [-0.39, 0.29) is 17.6 Å². The molecule has 2 aromatic carbocycles.